The second-order valence-corrected chi connectivity index (χ2v) is 8.20. The molecule has 0 heterocycles. The first-order chi connectivity index (χ1) is 12.4. The van der Waals surface area contributed by atoms with Crippen LogP contribution in [0.15, 0.2) is 65.6 Å². The van der Waals surface area contributed by atoms with Gasteiger partial charge in [-0.1, -0.05) is 55.5 Å². The summed E-state index contributed by atoms with van der Waals surface area (Å²) in [6, 6.07) is 17.9. The molecule has 0 unspecified atom stereocenters. The summed E-state index contributed by atoms with van der Waals surface area (Å²) in [5.74, 6) is -0.285. The van der Waals surface area contributed by atoms with Crippen molar-refractivity contribution in [3.8, 4) is 0 Å². The van der Waals surface area contributed by atoms with E-state index in [9.17, 15) is 13.2 Å². The maximum atomic E-state index is 13.0. The summed E-state index contributed by atoms with van der Waals surface area (Å²) in [6.07, 6.45) is 1.34. The van der Waals surface area contributed by atoms with Crippen LogP contribution in [0.4, 0.5) is 0 Å². The Morgan fingerprint density at radius 3 is 2.19 bits per heavy atom. The molecule has 140 valence electrons. The second kappa shape index (κ2) is 9.50. The first kappa shape index (κ1) is 20.1. The van der Waals surface area contributed by atoms with E-state index >= 15 is 0 Å². The van der Waals surface area contributed by atoms with Crippen LogP contribution in [0, 0.1) is 0 Å². The van der Waals surface area contributed by atoms with Gasteiger partial charge in [0.05, 0.1) is 11.4 Å². The van der Waals surface area contributed by atoms with Crippen LogP contribution in [-0.4, -0.2) is 37.8 Å². The normalized spacial score (nSPS) is 12.7. The minimum atomic E-state index is -3.74. The molecule has 0 aliphatic rings. The number of nitrogens with zero attached hydrogens (tertiary/aromatic N) is 1. The number of carbonyl (C=O) groups excluding carboxylic acids is 1. The fourth-order valence-corrected chi connectivity index (χ4v) is 3.93. The standard InChI is InChI=1S/C20H26N2O3S/c1-3-17(2)21-20(23)16-22(15-14-18-10-6-4-7-11-18)26(24,25)19-12-8-5-9-13-19/h4-13,17H,3,14-16H2,1-2H3,(H,21,23)/t17-/m1/s1. The quantitative estimate of drug-likeness (QED) is 0.734. The second-order valence-electron chi connectivity index (χ2n) is 6.26. The van der Waals surface area contributed by atoms with Crippen molar-refractivity contribution in [2.75, 3.05) is 13.1 Å². The molecule has 0 bridgehead atoms. The molecule has 0 fully saturated rings. The van der Waals surface area contributed by atoms with Crippen molar-refractivity contribution >= 4 is 15.9 Å². The van der Waals surface area contributed by atoms with Gasteiger partial charge >= 0.3 is 0 Å². The zero-order chi connectivity index (χ0) is 19.0. The Morgan fingerprint density at radius 2 is 1.62 bits per heavy atom. The van der Waals surface area contributed by atoms with Crippen LogP contribution in [0.25, 0.3) is 0 Å². The van der Waals surface area contributed by atoms with Gasteiger partial charge in [-0.25, -0.2) is 8.42 Å². The van der Waals surface area contributed by atoms with E-state index in [4.69, 9.17) is 0 Å². The predicted octanol–water partition coefficient (Wildman–Crippen LogP) is 2.83. The maximum absolute atomic E-state index is 13.0. The molecule has 2 aromatic carbocycles. The Balaban J connectivity index is 2.19. The largest absolute Gasteiger partial charge is 0.353 e. The number of sulfonamides is 1. The molecule has 2 rings (SSSR count). The van der Waals surface area contributed by atoms with E-state index < -0.39 is 10.0 Å². The van der Waals surface area contributed by atoms with Crippen LogP contribution >= 0.6 is 0 Å². The van der Waals surface area contributed by atoms with Crippen molar-refractivity contribution in [3.05, 3.63) is 66.2 Å². The summed E-state index contributed by atoms with van der Waals surface area (Å²) in [6.45, 7) is 3.93. The molecule has 5 nitrogen and oxygen atoms in total. The number of benzene rings is 2. The molecular formula is C20H26N2O3S. The molecule has 1 N–H and O–H groups in total. The van der Waals surface area contributed by atoms with Crippen LogP contribution in [0.1, 0.15) is 25.8 Å². The highest BCUT2D eigenvalue weighted by molar-refractivity contribution is 7.89. The third-order valence-electron chi connectivity index (χ3n) is 4.21. The van der Waals surface area contributed by atoms with Gasteiger partial charge in [0.15, 0.2) is 0 Å². The number of amides is 1. The summed E-state index contributed by atoms with van der Waals surface area (Å²) in [5, 5.41) is 2.84. The zero-order valence-electron chi connectivity index (χ0n) is 15.3. The molecular weight excluding hydrogens is 348 g/mol. The summed E-state index contributed by atoms with van der Waals surface area (Å²) in [4.78, 5) is 12.5. The van der Waals surface area contributed by atoms with Crippen molar-refractivity contribution in [3.63, 3.8) is 0 Å². The molecule has 0 spiro atoms. The fraction of sp³-hybridized carbons (Fsp3) is 0.350. The number of rotatable bonds is 9. The van der Waals surface area contributed by atoms with E-state index in [2.05, 4.69) is 5.32 Å². The Morgan fingerprint density at radius 1 is 1.04 bits per heavy atom. The molecule has 26 heavy (non-hydrogen) atoms. The van der Waals surface area contributed by atoms with Crippen molar-refractivity contribution in [1.29, 1.82) is 0 Å². The van der Waals surface area contributed by atoms with Gasteiger partial charge in [-0.3, -0.25) is 4.79 Å². The molecule has 1 amide bonds. The lowest BCUT2D eigenvalue weighted by molar-refractivity contribution is -0.121. The van der Waals surface area contributed by atoms with Crippen LogP contribution in [0.2, 0.25) is 0 Å². The van der Waals surface area contributed by atoms with E-state index in [1.165, 1.54) is 4.31 Å². The van der Waals surface area contributed by atoms with Crippen LogP contribution in [0.5, 0.6) is 0 Å². The summed E-state index contributed by atoms with van der Waals surface area (Å²) in [7, 11) is -3.74. The van der Waals surface area contributed by atoms with Gasteiger partial charge < -0.3 is 5.32 Å². The lowest BCUT2D eigenvalue weighted by Gasteiger charge is -2.23. The predicted molar refractivity (Wildman–Crippen MR) is 103 cm³/mol. The van der Waals surface area contributed by atoms with Crippen molar-refractivity contribution in [1.82, 2.24) is 9.62 Å². The van der Waals surface area contributed by atoms with Gasteiger partial charge in [-0.2, -0.15) is 4.31 Å². The number of hydrogen-bond donors (Lipinski definition) is 1. The number of carbonyl (C=O) groups is 1. The minimum Gasteiger partial charge on any atom is -0.353 e. The average molecular weight is 375 g/mol. The molecule has 0 aliphatic heterocycles. The number of hydrogen-bond acceptors (Lipinski definition) is 3. The van der Waals surface area contributed by atoms with Crippen molar-refractivity contribution < 1.29 is 13.2 Å². The average Bonchev–Trinajstić information content (AvgIpc) is 2.66. The van der Waals surface area contributed by atoms with Crippen LogP contribution < -0.4 is 5.32 Å². The number of nitrogens with one attached hydrogen (secondary N) is 1. The van der Waals surface area contributed by atoms with E-state index in [-0.39, 0.29) is 29.9 Å². The molecule has 2 aromatic rings. The van der Waals surface area contributed by atoms with Gasteiger partial charge in [0.25, 0.3) is 0 Å². The van der Waals surface area contributed by atoms with Crippen molar-refractivity contribution in [2.24, 2.45) is 0 Å². The highest BCUT2D eigenvalue weighted by atomic mass is 32.2. The van der Waals surface area contributed by atoms with E-state index in [0.717, 1.165) is 12.0 Å². The Labute approximate surface area is 156 Å². The molecule has 0 saturated carbocycles. The lowest BCUT2D eigenvalue weighted by atomic mass is 10.1. The lowest BCUT2D eigenvalue weighted by Crippen LogP contribution is -2.44. The highest BCUT2D eigenvalue weighted by Gasteiger charge is 2.26. The van der Waals surface area contributed by atoms with E-state index in [1.807, 2.05) is 44.2 Å². The van der Waals surface area contributed by atoms with Gasteiger partial charge in [-0.05, 0) is 37.5 Å². The van der Waals surface area contributed by atoms with Crippen LogP contribution in [-0.2, 0) is 21.2 Å². The Bertz CT molecular complexity index is 792. The van der Waals surface area contributed by atoms with Gasteiger partial charge in [0.2, 0.25) is 15.9 Å². The third kappa shape index (κ3) is 5.68. The minimum absolute atomic E-state index is 0.0119. The highest BCUT2D eigenvalue weighted by Crippen LogP contribution is 2.16. The molecule has 1 atom stereocenters. The Hall–Kier alpha value is -2.18. The van der Waals surface area contributed by atoms with E-state index in [0.29, 0.717) is 6.42 Å². The van der Waals surface area contributed by atoms with Crippen LogP contribution in [0.3, 0.4) is 0 Å². The van der Waals surface area contributed by atoms with Gasteiger partial charge in [0.1, 0.15) is 0 Å². The summed E-state index contributed by atoms with van der Waals surface area (Å²) >= 11 is 0. The first-order valence-electron chi connectivity index (χ1n) is 8.82. The third-order valence-corrected chi connectivity index (χ3v) is 6.07. The molecule has 0 aliphatic carbocycles. The maximum Gasteiger partial charge on any atom is 0.243 e. The molecule has 0 aromatic heterocycles. The van der Waals surface area contributed by atoms with E-state index in [1.54, 1.807) is 30.3 Å². The fourth-order valence-electron chi connectivity index (χ4n) is 2.51. The smallest absolute Gasteiger partial charge is 0.243 e. The summed E-state index contributed by atoms with van der Waals surface area (Å²) in [5.41, 5.74) is 1.03. The van der Waals surface area contributed by atoms with Crippen molar-refractivity contribution in [2.45, 2.75) is 37.6 Å². The molecule has 0 saturated heterocycles. The Kier molecular flexibility index (Phi) is 7.36. The summed E-state index contributed by atoms with van der Waals surface area (Å²) < 4.78 is 27.2. The zero-order valence-corrected chi connectivity index (χ0v) is 16.1. The topological polar surface area (TPSA) is 66.5 Å². The molecule has 6 heteroatoms. The molecule has 0 radical (unpaired) electrons. The SMILES string of the molecule is CC[C@@H](C)NC(=O)CN(CCc1ccccc1)S(=O)(=O)c1ccccc1. The first-order valence-corrected chi connectivity index (χ1v) is 10.3. The monoisotopic (exact) mass is 374 g/mol. The van der Waals surface area contributed by atoms with Gasteiger partial charge in [-0.15, -0.1) is 0 Å². The van der Waals surface area contributed by atoms with Gasteiger partial charge in [0, 0.05) is 12.6 Å².